The van der Waals surface area contributed by atoms with E-state index < -0.39 is 0 Å². The second-order valence-corrected chi connectivity index (χ2v) is 5.52. The highest BCUT2D eigenvalue weighted by atomic mass is 16.1. The highest BCUT2D eigenvalue weighted by molar-refractivity contribution is 5.83. The Morgan fingerprint density at radius 3 is 2.67 bits per heavy atom. The Kier molecular flexibility index (Phi) is 3.07. The minimum Gasteiger partial charge on any atom is -0.318 e. The van der Waals surface area contributed by atoms with Crippen LogP contribution in [0.2, 0.25) is 0 Å². The summed E-state index contributed by atoms with van der Waals surface area (Å²) in [5, 5.41) is 0. The van der Waals surface area contributed by atoms with Crippen molar-refractivity contribution < 1.29 is 4.79 Å². The molecule has 18 heavy (non-hydrogen) atoms. The first-order valence-corrected chi connectivity index (χ1v) is 6.02. The molecular formula is C15H18N2O. The third-order valence-electron chi connectivity index (χ3n) is 3.20. The number of nitrogens with zero attached hydrogens (tertiary/aromatic N) is 2. The maximum Gasteiger partial charge on any atom is 0.185 e. The molecule has 0 aliphatic heterocycles. The molecule has 94 valence electrons. The summed E-state index contributed by atoms with van der Waals surface area (Å²) in [4.78, 5) is 15.4. The molecule has 0 fully saturated rings. The second kappa shape index (κ2) is 4.41. The van der Waals surface area contributed by atoms with Gasteiger partial charge in [-0.25, -0.2) is 4.98 Å². The highest BCUT2D eigenvalue weighted by Gasteiger charge is 2.18. The first-order valence-electron chi connectivity index (χ1n) is 6.02. The van der Waals surface area contributed by atoms with E-state index in [1.165, 1.54) is 0 Å². The molecule has 3 heteroatoms. The number of imidazole rings is 1. The Bertz CT molecular complexity index is 602. The van der Waals surface area contributed by atoms with E-state index >= 15 is 0 Å². The summed E-state index contributed by atoms with van der Waals surface area (Å²) in [6.07, 6.45) is 0.802. The molecule has 2 aromatic rings. The molecule has 0 amide bonds. The summed E-state index contributed by atoms with van der Waals surface area (Å²) >= 11 is 0. The third-order valence-corrected chi connectivity index (χ3v) is 3.20. The fourth-order valence-electron chi connectivity index (χ4n) is 1.78. The first kappa shape index (κ1) is 12.6. The van der Waals surface area contributed by atoms with E-state index in [0.29, 0.717) is 12.4 Å². The molecule has 0 saturated carbocycles. The van der Waals surface area contributed by atoms with Gasteiger partial charge in [-0.1, -0.05) is 45.1 Å². The largest absolute Gasteiger partial charge is 0.318 e. The van der Waals surface area contributed by atoms with Crippen LogP contribution in [0.3, 0.4) is 0 Å². The van der Waals surface area contributed by atoms with Gasteiger partial charge in [-0.3, -0.25) is 4.79 Å². The lowest BCUT2D eigenvalue weighted by atomic mass is 9.87. The molecule has 3 nitrogen and oxygen atoms in total. The Morgan fingerprint density at radius 2 is 2.06 bits per heavy atom. The second-order valence-electron chi connectivity index (χ2n) is 5.52. The van der Waals surface area contributed by atoms with Crippen molar-refractivity contribution in [3.05, 3.63) is 42.2 Å². The van der Waals surface area contributed by atoms with Gasteiger partial charge in [0.2, 0.25) is 0 Å². The summed E-state index contributed by atoms with van der Waals surface area (Å²) in [5.74, 6) is 0.460. The van der Waals surface area contributed by atoms with Crippen LogP contribution in [-0.2, 0) is 6.54 Å². The lowest BCUT2D eigenvalue weighted by Crippen LogP contribution is -2.15. The van der Waals surface area contributed by atoms with E-state index in [2.05, 4.69) is 32.3 Å². The Hall–Kier alpha value is -1.90. The molecule has 0 N–H and O–H groups in total. The molecule has 1 heterocycles. The number of hydrogen-bond donors (Lipinski definition) is 0. The summed E-state index contributed by atoms with van der Waals surface area (Å²) in [7, 11) is 0. The summed E-state index contributed by atoms with van der Waals surface area (Å²) < 4.78 is 1.93. The molecule has 0 bridgehead atoms. The van der Waals surface area contributed by atoms with Gasteiger partial charge in [0.15, 0.2) is 12.1 Å². The number of rotatable bonds is 3. The fourth-order valence-corrected chi connectivity index (χ4v) is 1.78. The van der Waals surface area contributed by atoms with Crippen molar-refractivity contribution in [2.45, 2.75) is 27.3 Å². The smallest absolute Gasteiger partial charge is 0.185 e. The molecule has 0 aliphatic rings. The van der Waals surface area contributed by atoms with Gasteiger partial charge in [-0.05, 0) is 17.5 Å². The van der Waals surface area contributed by atoms with Crippen LogP contribution in [0.1, 0.15) is 31.4 Å². The highest BCUT2D eigenvalue weighted by Crippen LogP contribution is 2.26. The van der Waals surface area contributed by atoms with Crippen molar-refractivity contribution in [2.24, 2.45) is 5.41 Å². The molecule has 2 rings (SSSR count). The van der Waals surface area contributed by atoms with Crippen LogP contribution in [0.15, 0.2) is 36.4 Å². The minimum atomic E-state index is 0.0194. The summed E-state index contributed by atoms with van der Waals surface area (Å²) in [6.45, 7) is 11.1. The van der Waals surface area contributed by atoms with Gasteiger partial charge in [-0.15, -0.1) is 0 Å². The van der Waals surface area contributed by atoms with Crippen LogP contribution in [0.4, 0.5) is 0 Å². The molecule has 0 aliphatic carbocycles. The maximum atomic E-state index is 11.1. The van der Waals surface area contributed by atoms with Crippen molar-refractivity contribution in [3.8, 4) is 0 Å². The van der Waals surface area contributed by atoms with Gasteiger partial charge >= 0.3 is 0 Å². The van der Waals surface area contributed by atoms with Gasteiger partial charge in [0.25, 0.3) is 0 Å². The zero-order valence-corrected chi connectivity index (χ0v) is 11.1. The van der Waals surface area contributed by atoms with Gasteiger partial charge in [-0.2, -0.15) is 0 Å². The minimum absolute atomic E-state index is 0.0194. The zero-order valence-electron chi connectivity index (χ0n) is 11.1. The monoisotopic (exact) mass is 242 g/mol. The Morgan fingerprint density at radius 1 is 1.39 bits per heavy atom. The van der Waals surface area contributed by atoms with Crippen molar-refractivity contribution in [2.75, 3.05) is 0 Å². The SMILES string of the molecule is C=C(Cn1c(C=O)nc2ccccc21)C(C)(C)C. The number of aldehydes is 1. The number of allylic oxidation sites excluding steroid dienone is 1. The Balaban J connectivity index is 2.49. The quantitative estimate of drug-likeness (QED) is 0.610. The number of aromatic nitrogens is 2. The van der Waals surface area contributed by atoms with E-state index in [0.717, 1.165) is 22.9 Å². The molecule has 0 atom stereocenters. The Labute approximate surface area is 107 Å². The summed E-state index contributed by atoms with van der Waals surface area (Å²) in [5.41, 5.74) is 2.92. The van der Waals surface area contributed by atoms with E-state index in [1.807, 2.05) is 28.8 Å². The molecule has 1 aromatic heterocycles. The molecule has 0 saturated heterocycles. The average molecular weight is 242 g/mol. The number of carbonyl (C=O) groups is 1. The number of para-hydroxylation sites is 2. The van der Waals surface area contributed by atoms with E-state index in [4.69, 9.17) is 0 Å². The van der Waals surface area contributed by atoms with Crippen LogP contribution in [0.25, 0.3) is 11.0 Å². The van der Waals surface area contributed by atoms with E-state index in [9.17, 15) is 4.79 Å². The number of fused-ring (bicyclic) bond motifs is 1. The van der Waals surface area contributed by atoms with Crippen molar-refractivity contribution in [1.29, 1.82) is 0 Å². The van der Waals surface area contributed by atoms with Gasteiger partial charge in [0, 0.05) is 6.54 Å². The normalized spacial score (nSPS) is 11.7. The zero-order chi connectivity index (χ0) is 13.3. The lowest BCUT2D eigenvalue weighted by molar-refractivity contribution is 0.111. The number of carbonyl (C=O) groups excluding carboxylic acids is 1. The van der Waals surface area contributed by atoms with Gasteiger partial charge in [0.1, 0.15) is 0 Å². The van der Waals surface area contributed by atoms with Gasteiger partial charge < -0.3 is 4.57 Å². The third kappa shape index (κ3) is 2.21. The molecule has 0 radical (unpaired) electrons. The van der Waals surface area contributed by atoms with Crippen molar-refractivity contribution in [3.63, 3.8) is 0 Å². The van der Waals surface area contributed by atoms with Crippen molar-refractivity contribution >= 4 is 17.3 Å². The van der Waals surface area contributed by atoms with Gasteiger partial charge in [0.05, 0.1) is 11.0 Å². The maximum absolute atomic E-state index is 11.1. The van der Waals surface area contributed by atoms with Crippen LogP contribution >= 0.6 is 0 Å². The summed E-state index contributed by atoms with van der Waals surface area (Å²) in [6, 6.07) is 7.77. The van der Waals surface area contributed by atoms with E-state index in [-0.39, 0.29) is 5.41 Å². The van der Waals surface area contributed by atoms with Crippen LogP contribution in [0.5, 0.6) is 0 Å². The topological polar surface area (TPSA) is 34.9 Å². The lowest BCUT2D eigenvalue weighted by Gasteiger charge is -2.22. The van der Waals surface area contributed by atoms with Crippen LogP contribution < -0.4 is 0 Å². The fraction of sp³-hybridized carbons (Fsp3) is 0.333. The molecular weight excluding hydrogens is 224 g/mol. The molecule has 0 spiro atoms. The van der Waals surface area contributed by atoms with E-state index in [1.54, 1.807) is 0 Å². The van der Waals surface area contributed by atoms with Crippen LogP contribution in [0, 0.1) is 5.41 Å². The standard InChI is InChI=1S/C15H18N2O/c1-11(15(2,3)4)9-17-13-8-6-5-7-12(13)16-14(17)10-18/h5-8,10H,1,9H2,2-4H3. The molecule has 1 aromatic carbocycles. The predicted octanol–water partition coefficient (Wildman–Crippen LogP) is 3.45. The molecule has 0 unspecified atom stereocenters. The van der Waals surface area contributed by atoms with Crippen molar-refractivity contribution in [1.82, 2.24) is 9.55 Å². The number of hydrogen-bond acceptors (Lipinski definition) is 2. The number of benzene rings is 1. The first-order chi connectivity index (χ1) is 8.43. The predicted molar refractivity (Wildman–Crippen MR) is 73.7 cm³/mol. The average Bonchev–Trinajstić information content (AvgIpc) is 2.66. The van der Waals surface area contributed by atoms with Crippen LogP contribution in [-0.4, -0.2) is 15.8 Å².